The van der Waals surface area contributed by atoms with E-state index in [-0.39, 0.29) is 17.7 Å². The number of aliphatic carboxylic acids is 1. The van der Waals surface area contributed by atoms with Crippen LogP contribution >= 0.6 is 15.9 Å². The molecule has 0 aromatic heterocycles. The Hall–Kier alpha value is -2.22. The molecule has 7 nitrogen and oxygen atoms in total. The predicted octanol–water partition coefficient (Wildman–Crippen LogP) is 2.12. The summed E-state index contributed by atoms with van der Waals surface area (Å²) in [6.45, 7) is 0. The van der Waals surface area contributed by atoms with Gasteiger partial charge in [0, 0.05) is 28.2 Å². The summed E-state index contributed by atoms with van der Waals surface area (Å²) in [5, 5.41) is 22.3. The number of nitro groups is 1. The average Bonchev–Trinajstić information content (AvgIpc) is 2.86. The second kappa shape index (κ2) is 6.04. The smallest absolute Gasteiger partial charge is 0.310 e. The first-order valence-corrected chi connectivity index (χ1v) is 6.83. The summed E-state index contributed by atoms with van der Waals surface area (Å²) in [6, 6.07) is 3.55. The molecule has 0 fully saturated rings. The first-order chi connectivity index (χ1) is 9.86. The zero-order valence-corrected chi connectivity index (χ0v) is 12.2. The van der Waals surface area contributed by atoms with Gasteiger partial charge in [0.15, 0.2) is 0 Å². The number of halogens is 1. The molecule has 21 heavy (non-hydrogen) atoms. The van der Waals surface area contributed by atoms with Crippen molar-refractivity contribution in [1.29, 1.82) is 0 Å². The molecule has 2 unspecified atom stereocenters. The van der Waals surface area contributed by atoms with Gasteiger partial charge in [-0.05, 0) is 12.5 Å². The first kappa shape index (κ1) is 15.2. The van der Waals surface area contributed by atoms with Crippen molar-refractivity contribution in [2.45, 2.75) is 12.5 Å². The number of rotatable bonds is 4. The molecule has 0 saturated heterocycles. The fourth-order valence-electron chi connectivity index (χ4n) is 2.05. The Kier molecular flexibility index (Phi) is 4.37. The number of nitro benzene ring substituents is 1. The molecule has 2 rings (SSSR count). The van der Waals surface area contributed by atoms with Gasteiger partial charge in [-0.2, -0.15) is 0 Å². The number of benzene rings is 1. The monoisotopic (exact) mass is 354 g/mol. The van der Waals surface area contributed by atoms with Crippen LogP contribution in [0, 0.1) is 16.0 Å². The molecule has 1 aliphatic rings. The van der Waals surface area contributed by atoms with Crippen LogP contribution in [0.2, 0.25) is 0 Å². The van der Waals surface area contributed by atoms with Gasteiger partial charge in [-0.15, -0.1) is 0 Å². The van der Waals surface area contributed by atoms with E-state index >= 15 is 0 Å². The standard InChI is InChI=1S/C13H11BrN2O5/c14-9-3-8(5-11(6-9)16(20)21)12(17)15-10-2-1-7(4-10)13(18)19/h1-3,5-7,10H,4H2,(H,15,17)(H,18,19). The van der Waals surface area contributed by atoms with E-state index < -0.39 is 28.8 Å². The minimum Gasteiger partial charge on any atom is -0.481 e. The van der Waals surface area contributed by atoms with Crippen molar-refractivity contribution < 1.29 is 19.6 Å². The van der Waals surface area contributed by atoms with Crippen LogP contribution in [0.25, 0.3) is 0 Å². The number of nitrogens with one attached hydrogen (secondary N) is 1. The van der Waals surface area contributed by atoms with Crippen LogP contribution in [0.1, 0.15) is 16.8 Å². The Bertz CT molecular complexity index is 643. The highest BCUT2D eigenvalue weighted by Crippen LogP contribution is 2.22. The van der Waals surface area contributed by atoms with Crippen LogP contribution in [-0.4, -0.2) is 27.9 Å². The predicted molar refractivity (Wildman–Crippen MR) is 76.9 cm³/mol. The van der Waals surface area contributed by atoms with Gasteiger partial charge >= 0.3 is 5.97 Å². The minimum atomic E-state index is -0.943. The van der Waals surface area contributed by atoms with E-state index in [9.17, 15) is 19.7 Å². The number of carbonyl (C=O) groups is 2. The Morgan fingerprint density at radius 2 is 2.05 bits per heavy atom. The van der Waals surface area contributed by atoms with Crippen molar-refractivity contribution in [1.82, 2.24) is 5.32 Å². The van der Waals surface area contributed by atoms with E-state index in [4.69, 9.17) is 5.11 Å². The highest BCUT2D eigenvalue weighted by Gasteiger charge is 2.26. The molecule has 0 heterocycles. The molecule has 0 bridgehead atoms. The quantitative estimate of drug-likeness (QED) is 0.488. The number of hydrogen-bond acceptors (Lipinski definition) is 4. The lowest BCUT2D eigenvalue weighted by atomic mass is 10.1. The summed E-state index contributed by atoms with van der Waals surface area (Å²) in [6.07, 6.45) is 3.41. The number of carbonyl (C=O) groups excluding carboxylic acids is 1. The highest BCUT2D eigenvalue weighted by atomic mass is 79.9. The molecular formula is C13H11BrN2O5. The van der Waals surface area contributed by atoms with Crippen LogP contribution in [0.15, 0.2) is 34.8 Å². The average molecular weight is 355 g/mol. The SMILES string of the molecule is O=C(NC1C=CC(C(=O)O)C1)c1cc(Br)cc([N+](=O)[O-])c1. The molecule has 2 atom stereocenters. The maximum absolute atomic E-state index is 12.1. The highest BCUT2D eigenvalue weighted by molar-refractivity contribution is 9.10. The van der Waals surface area contributed by atoms with Gasteiger partial charge < -0.3 is 10.4 Å². The summed E-state index contributed by atoms with van der Waals surface area (Å²) in [7, 11) is 0. The number of nitrogens with zero attached hydrogens (tertiary/aromatic N) is 1. The molecule has 0 spiro atoms. The van der Waals surface area contributed by atoms with Crippen LogP contribution in [0.3, 0.4) is 0 Å². The summed E-state index contributed by atoms with van der Waals surface area (Å²) >= 11 is 3.11. The lowest BCUT2D eigenvalue weighted by Crippen LogP contribution is -2.33. The Morgan fingerprint density at radius 3 is 2.62 bits per heavy atom. The van der Waals surface area contributed by atoms with Gasteiger partial charge in [-0.1, -0.05) is 28.1 Å². The largest absolute Gasteiger partial charge is 0.481 e. The molecule has 1 aromatic rings. The van der Waals surface area contributed by atoms with Crippen molar-refractivity contribution in [3.8, 4) is 0 Å². The van der Waals surface area contributed by atoms with E-state index in [0.717, 1.165) is 0 Å². The van der Waals surface area contributed by atoms with Crippen molar-refractivity contribution in [3.63, 3.8) is 0 Å². The number of hydrogen-bond donors (Lipinski definition) is 2. The third kappa shape index (κ3) is 3.66. The lowest BCUT2D eigenvalue weighted by Gasteiger charge is -2.12. The number of carboxylic acid groups (broad SMARTS) is 1. The first-order valence-electron chi connectivity index (χ1n) is 6.04. The fraction of sp³-hybridized carbons (Fsp3) is 0.231. The van der Waals surface area contributed by atoms with Crippen LogP contribution in [0.4, 0.5) is 5.69 Å². The third-order valence-electron chi connectivity index (χ3n) is 3.07. The Morgan fingerprint density at radius 1 is 1.33 bits per heavy atom. The second-order valence-corrected chi connectivity index (χ2v) is 5.52. The van der Waals surface area contributed by atoms with Crippen LogP contribution < -0.4 is 5.32 Å². The number of amides is 1. The molecule has 0 aliphatic heterocycles. The summed E-state index contributed by atoms with van der Waals surface area (Å²) in [5.74, 6) is -2.05. The summed E-state index contributed by atoms with van der Waals surface area (Å²) in [5.41, 5.74) is -0.0526. The van der Waals surface area contributed by atoms with Crippen molar-refractivity contribution in [2.75, 3.05) is 0 Å². The van der Waals surface area contributed by atoms with Gasteiger partial charge in [-0.3, -0.25) is 19.7 Å². The van der Waals surface area contributed by atoms with Crippen LogP contribution in [-0.2, 0) is 4.79 Å². The summed E-state index contributed by atoms with van der Waals surface area (Å²) in [4.78, 5) is 33.1. The topological polar surface area (TPSA) is 110 Å². The molecule has 0 saturated carbocycles. The van der Waals surface area contributed by atoms with Crippen molar-refractivity contribution >= 4 is 33.5 Å². The van der Waals surface area contributed by atoms with Gasteiger partial charge in [0.1, 0.15) is 0 Å². The van der Waals surface area contributed by atoms with Crippen molar-refractivity contribution in [3.05, 3.63) is 50.5 Å². The maximum Gasteiger partial charge on any atom is 0.310 e. The molecule has 1 aromatic carbocycles. The minimum absolute atomic E-state index is 0.142. The van der Waals surface area contributed by atoms with Gasteiger partial charge in [0.2, 0.25) is 0 Å². The molecule has 110 valence electrons. The van der Waals surface area contributed by atoms with E-state index in [1.165, 1.54) is 24.3 Å². The van der Waals surface area contributed by atoms with Gasteiger partial charge in [-0.25, -0.2) is 0 Å². The van der Waals surface area contributed by atoms with E-state index in [1.54, 1.807) is 6.08 Å². The molecule has 8 heteroatoms. The van der Waals surface area contributed by atoms with Gasteiger partial charge in [0.25, 0.3) is 11.6 Å². The molecule has 1 aliphatic carbocycles. The lowest BCUT2D eigenvalue weighted by molar-refractivity contribution is -0.385. The molecule has 2 N–H and O–H groups in total. The zero-order valence-electron chi connectivity index (χ0n) is 10.7. The molecule has 1 amide bonds. The number of non-ortho nitro benzene ring substituents is 1. The molecular weight excluding hydrogens is 344 g/mol. The number of carboxylic acids is 1. The maximum atomic E-state index is 12.1. The Balaban J connectivity index is 2.10. The van der Waals surface area contributed by atoms with E-state index in [0.29, 0.717) is 4.47 Å². The van der Waals surface area contributed by atoms with E-state index in [1.807, 2.05) is 0 Å². The van der Waals surface area contributed by atoms with Gasteiger partial charge in [0.05, 0.1) is 10.8 Å². The molecule has 0 radical (unpaired) electrons. The summed E-state index contributed by atoms with van der Waals surface area (Å²) < 4.78 is 0.423. The Labute approximate surface area is 127 Å². The van der Waals surface area contributed by atoms with E-state index in [2.05, 4.69) is 21.2 Å². The normalized spacial score (nSPS) is 20.2. The van der Waals surface area contributed by atoms with Crippen LogP contribution in [0.5, 0.6) is 0 Å². The second-order valence-electron chi connectivity index (χ2n) is 4.60. The zero-order chi connectivity index (χ0) is 15.6. The third-order valence-corrected chi connectivity index (χ3v) is 3.53. The fourth-order valence-corrected chi connectivity index (χ4v) is 2.53. The van der Waals surface area contributed by atoms with Crippen molar-refractivity contribution in [2.24, 2.45) is 5.92 Å².